The van der Waals surface area contributed by atoms with E-state index in [0.29, 0.717) is 28.1 Å². The van der Waals surface area contributed by atoms with E-state index in [1.807, 2.05) is 49.4 Å². The lowest BCUT2D eigenvalue weighted by Crippen LogP contribution is -2.37. The Kier molecular flexibility index (Phi) is 7.94. The van der Waals surface area contributed by atoms with Gasteiger partial charge in [0, 0.05) is 28.1 Å². The summed E-state index contributed by atoms with van der Waals surface area (Å²) in [5.74, 6) is 2.04. The molecule has 2 aromatic rings. The molecule has 0 heterocycles. The Bertz CT molecular complexity index is 687. The standard InChI is InChI=1S/C19H21Cl2NO2S/c1-13-6-8-15(9-7-13)24-14(2)19(23)22-10-11-25-12-16-17(20)4-3-5-18(16)21/h3-9,14H,10-12H2,1-2H3,(H,22,23)/t14-/m0/s1. The van der Waals surface area contributed by atoms with Crippen LogP contribution in [0.2, 0.25) is 10.0 Å². The average molecular weight is 398 g/mol. The van der Waals surface area contributed by atoms with Crippen molar-refractivity contribution in [2.45, 2.75) is 25.7 Å². The summed E-state index contributed by atoms with van der Waals surface area (Å²) in [7, 11) is 0. The largest absolute Gasteiger partial charge is 0.481 e. The Labute approximate surface area is 163 Å². The Hall–Kier alpha value is -1.36. The summed E-state index contributed by atoms with van der Waals surface area (Å²) in [5, 5.41) is 4.22. The van der Waals surface area contributed by atoms with Crippen molar-refractivity contribution in [2.75, 3.05) is 12.3 Å². The molecule has 0 aliphatic carbocycles. The van der Waals surface area contributed by atoms with Crippen LogP contribution in [0.25, 0.3) is 0 Å². The minimum Gasteiger partial charge on any atom is -0.481 e. The van der Waals surface area contributed by atoms with Crippen LogP contribution in [0, 0.1) is 6.92 Å². The molecule has 0 unspecified atom stereocenters. The van der Waals surface area contributed by atoms with Crippen molar-refractivity contribution in [3.05, 3.63) is 63.6 Å². The van der Waals surface area contributed by atoms with Crippen molar-refractivity contribution >= 4 is 40.9 Å². The molecule has 1 atom stereocenters. The molecule has 0 spiro atoms. The zero-order valence-corrected chi connectivity index (χ0v) is 16.5. The molecule has 1 N–H and O–H groups in total. The van der Waals surface area contributed by atoms with E-state index in [2.05, 4.69) is 5.32 Å². The van der Waals surface area contributed by atoms with Crippen molar-refractivity contribution in [3.8, 4) is 5.75 Å². The molecule has 2 rings (SSSR count). The molecule has 2 aromatic carbocycles. The first kappa shape index (κ1) is 20.0. The van der Waals surface area contributed by atoms with E-state index >= 15 is 0 Å². The fourth-order valence-corrected chi connectivity index (χ4v) is 3.70. The third-order valence-corrected chi connectivity index (χ3v) is 5.25. The molecule has 0 radical (unpaired) electrons. The molecule has 134 valence electrons. The van der Waals surface area contributed by atoms with E-state index in [1.165, 1.54) is 0 Å². The quantitative estimate of drug-likeness (QED) is 0.628. The van der Waals surface area contributed by atoms with E-state index in [4.69, 9.17) is 27.9 Å². The number of carbonyl (C=O) groups excluding carboxylic acids is 1. The maximum absolute atomic E-state index is 12.1. The molecule has 0 aromatic heterocycles. The van der Waals surface area contributed by atoms with Crippen LogP contribution in [-0.2, 0) is 10.5 Å². The highest BCUT2D eigenvalue weighted by Crippen LogP contribution is 2.27. The summed E-state index contributed by atoms with van der Waals surface area (Å²) in [5.41, 5.74) is 2.08. The predicted molar refractivity (Wildman–Crippen MR) is 107 cm³/mol. The van der Waals surface area contributed by atoms with Crippen LogP contribution < -0.4 is 10.1 Å². The van der Waals surface area contributed by atoms with Gasteiger partial charge in [-0.3, -0.25) is 4.79 Å². The van der Waals surface area contributed by atoms with Crippen LogP contribution in [0.4, 0.5) is 0 Å². The Morgan fingerprint density at radius 1 is 1.16 bits per heavy atom. The summed E-state index contributed by atoms with van der Waals surface area (Å²) >= 11 is 13.9. The molecule has 0 saturated carbocycles. The first-order valence-corrected chi connectivity index (χ1v) is 9.90. The van der Waals surface area contributed by atoms with Crippen LogP contribution in [0.3, 0.4) is 0 Å². The molecule has 25 heavy (non-hydrogen) atoms. The normalized spacial score (nSPS) is 11.8. The molecular formula is C19H21Cl2NO2S. The average Bonchev–Trinajstić information content (AvgIpc) is 2.58. The van der Waals surface area contributed by atoms with Crippen molar-refractivity contribution in [1.29, 1.82) is 0 Å². The highest BCUT2D eigenvalue weighted by molar-refractivity contribution is 7.98. The van der Waals surface area contributed by atoms with Gasteiger partial charge in [-0.05, 0) is 43.7 Å². The topological polar surface area (TPSA) is 38.3 Å². The van der Waals surface area contributed by atoms with Crippen LogP contribution in [0.15, 0.2) is 42.5 Å². The first-order valence-electron chi connectivity index (χ1n) is 7.99. The lowest BCUT2D eigenvalue weighted by Gasteiger charge is -2.15. The summed E-state index contributed by atoms with van der Waals surface area (Å²) in [6.45, 7) is 4.31. The number of nitrogens with one attached hydrogen (secondary N) is 1. The lowest BCUT2D eigenvalue weighted by atomic mass is 10.2. The van der Waals surface area contributed by atoms with E-state index < -0.39 is 6.10 Å². The van der Waals surface area contributed by atoms with Crippen LogP contribution >= 0.6 is 35.0 Å². The Balaban J connectivity index is 1.68. The van der Waals surface area contributed by atoms with Crippen LogP contribution in [-0.4, -0.2) is 24.3 Å². The van der Waals surface area contributed by atoms with Crippen LogP contribution in [0.1, 0.15) is 18.1 Å². The predicted octanol–water partition coefficient (Wildman–Crippen LogP) is 5.12. The maximum Gasteiger partial charge on any atom is 0.260 e. The number of aryl methyl sites for hydroxylation is 1. The minimum absolute atomic E-state index is 0.128. The van der Waals surface area contributed by atoms with Gasteiger partial charge in [0.05, 0.1) is 0 Å². The molecule has 0 saturated heterocycles. The molecule has 0 aliphatic heterocycles. The summed E-state index contributed by atoms with van der Waals surface area (Å²) in [6, 6.07) is 13.1. The minimum atomic E-state index is -0.536. The van der Waals surface area contributed by atoms with Crippen molar-refractivity contribution < 1.29 is 9.53 Å². The van der Waals surface area contributed by atoms with Gasteiger partial charge in [-0.2, -0.15) is 11.8 Å². The van der Waals surface area contributed by atoms with Gasteiger partial charge in [-0.1, -0.05) is 47.0 Å². The number of halogens is 2. The number of hydrogen-bond acceptors (Lipinski definition) is 3. The smallest absolute Gasteiger partial charge is 0.260 e. The summed E-state index contributed by atoms with van der Waals surface area (Å²) in [4.78, 5) is 12.1. The molecule has 0 aliphatic rings. The maximum atomic E-state index is 12.1. The van der Waals surface area contributed by atoms with Crippen LogP contribution in [0.5, 0.6) is 5.75 Å². The lowest BCUT2D eigenvalue weighted by molar-refractivity contribution is -0.127. The fraction of sp³-hybridized carbons (Fsp3) is 0.316. The number of rotatable bonds is 8. The third kappa shape index (κ3) is 6.46. The SMILES string of the molecule is Cc1ccc(O[C@@H](C)C(=O)NCCSCc2c(Cl)cccc2Cl)cc1. The summed E-state index contributed by atoms with van der Waals surface area (Å²) < 4.78 is 5.64. The van der Waals surface area contributed by atoms with Gasteiger partial charge in [0.1, 0.15) is 5.75 Å². The Morgan fingerprint density at radius 3 is 2.44 bits per heavy atom. The molecule has 3 nitrogen and oxygen atoms in total. The second-order valence-corrected chi connectivity index (χ2v) is 7.54. The zero-order chi connectivity index (χ0) is 18.2. The van der Waals surface area contributed by atoms with Gasteiger partial charge in [0.15, 0.2) is 6.10 Å². The molecule has 6 heteroatoms. The number of carbonyl (C=O) groups is 1. The second-order valence-electron chi connectivity index (χ2n) is 5.62. The van der Waals surface area contributed by atoms with Gasteiger partial charge < -0.3 is 10.1 Å². The van der Waals surface area contributed by atoms with Crippen molar-refractivity contribution in [2.24, 2.45) is 0 Å². The third-order valence-electron chi connectivity index (χ3n) is 3.56. The van der Waals surface area contributed by atoms with Gasteiger partial charge in [0.2, 0.25) is 0 Å². The molecular weight excluding hydrogens is 377 g/mol. The zero-order valence-electron chi connectivity index (χ0n) is 14.2. The van der Waals surface area contributed by atoms with Gasteiger partial charge >= 0.3 is 0 Å². The summed E-state index contributed by atoms with van der Waals surface area (Å²) in [6.07, 6.45) is -0.536. The molecule has 0 fully saturated rings. The Morgan fingerprint density at radius 2 is 1.80 bits per heavy atom. The van der Waals surface area contributed by atoms with Gasteiger partial charge in [-0.15, -0.1) is 0 Å². The molecule has 1 amide bonds. The molecule has 0 bridgehead atoms. The fourth-order valence-electron chi connectivity index (χ4n) is 2.11. The number of ether oxygens (including phenoxy) is 1. The highest BCUT2D eigenvalue weighted by atomic mass is 35.5. The number of benzene rings is 2. The monoisotopic (exact) mass is 397 g/mol. The van der Waals surface area contributed by atoms with Gasteiger partial charge in [0.25, 0.3) is 5.91 Å². The van der Waals surface area contributed by atoms with E-state index in [0.717, 1.165) is 16.9 Å². The van der Waals surface area contributed by atoms with Crippen molar-refractivity contribution in [3.63, 3.8) is 0 Å². The van der Waals surface area contributed by atoms with Gasteiger partial charge in [-0.25, -0.2) is 0 Å². The highest BCUT2D eigenvalue weighted by Gasteiger charge is 2.14. The van der Waals surface area contributed by atoms with Crippen molar-refractivity contribution in [1.82, 2.24) is 5.32 Å². The first-order chi connectivity index (χ1) is 12.0. The number of amides is 1. The van der Waals surface area contributed by atoms with E-state index in [-0.39, 0.29) is 5.91 Å². The number of hydrogen-bond donors (Lipinski definition) is 1. The van der Waals surface area contributed by atoms with E-state index in [9.17, 15) is 4.79 Å². The second kappa shape index (κ2) is 9.95. The number of thioether (sulfide) groups is 1. The van der Waals surface area contributed by atoms with E-state index in [1.54, 1.807) is 18.7 Å².